The summed E-state index contributed by atoms with van der Waals surface area (Å²) in [7, 11) is -2.21. The van der Waals surface area contributed by atoms with Crippen LogP contribution in [-0.2, 0) is 21.3 Å². The van der Waals surface area contributed by atoms with E-state index in [1.54, 1.807) is 13.1 Å². The summed E-state index contributed by atoms with van der Waals surface area (Å²) >= 11 is 3.22. The molecular weight excluding hydrogens is 363 g/mol. The predicted octanol–water partition coefficient (Wildman–Crippen LogP) is 1.62. The van der Waals surface area contributed by atoms with Crippen LogP contribution in [0.15, 0.2) is 21.5 Å². The first-order valence-corrected chi connectivity index (χ1v) is 8.91. The Hall–Kier alpha value is -0.540. The molecule has 0 aromatic heterocycles. The van der Waals surface area contributed by atoms with Crippen molar-refractivity contribution < 1.29 is 17.5 Å². The number of rotatable bonds is 6. The molecule has 1 aromatic carbocycles. The highest BCUT2D eigenvalue weighted by molar-refractivity contribution is 9.10. The molecule has 118 valence electrons. The van der Waals surface area contributed by atoms with Crippen LogP contribution in [0.4, 0.5) is 4.39 Å². The zero-order valence-corrected chi connectivity index (χ0v) is 14.1. The second kappa shape index (κ2) is 7.15. The number of ether oxygens (including phenoxy) is 1. The molecule has 1 atom stereocenters. The molecule has 0 aliphatic carbocycles. The molecular formula is C13H18BrFN2O3S. The topological polar surface area (TPSA) is 67.4 Å². The summed E-state index contributed by atoms with van der Waals surface area (Å²) in [5.74, 6) is -0.575. The van der Waals surface area contributed by atoms with E-state index < -0.39 is 15.8 Å². The van der Waals surface area contributed by atoms with Crippen LogP contribution in [0.25, 0.3) is 0 Å². The molecule has 1 aromatic rings. The Bertz CT molecular complexity index is 604. The van der Waals surface area contributed by atoms with Crippen molar-refractivity contribution in [2.75, 3.05) is 26.8 Å². The highest BCUT2D eigenvalue weighted by Crippen LogP contribution is 2.24. The zero-order chi connectivity index (χ0) is 15.5. The maximum Gasteiger partial charge on any atom is 0.243 e. The van der Waals surface area contributed by atoms with Crippen LogP contribution in [0.5, 0.6) is 0 Å². The van der Waals surface area contributed by atoms with E-state index in [0.29, 0.717) is 23.2 Å². The number of hydrogen-bond donors (Lipinski definition) is 2. The summed E-state index contributed by atoms with van der Waals surface area (Å²) < 4.78 is 47.1. The lowest BCUT2D eigenvalue weighted by Crippen LogP contribution is -2.30. The maximum atomic E-state index is 14.3. The second-order valence-electron chi connectivity index (χ2n) is 4.99. The number of sulfonamides is 1. The van der Waals surface area contributed by atoms with Gasteiger partial charge in [0, 0.05) is 29.7 Å². The van der Waals surface area contributed by atoms with Gasteiger partial charge in [-0.3, -0.25) is 0 Å². The summed E-state index contributed by atoms with van der Waals surface area (Å²) in [5.41, 5.74) is 0.302. The van der Waals surface area contributed by atoms with Crippen molar-refractivity contribution in [3.05, 3.63) is 28.0 Å². The summed E-state index contributed by atoms with van der Waals surface area (Å²) in [4.78, 5) is -0.332. The fourth-order valence-electron chi connectivity index (χ4n) is 2.18. The van der Waals surface area contributed by atoms with Gasteiger partial charge >= 0.3 is 0 Å². The van der Waals surface area contributed by atoms with Crippen LogP contribution in [0.2, 0.25) is 0 Å². The van der Waals surface area contributed by atoms with E-state index in [1.807, 2.05) is 0 Å². The third-order valence-electron chi connectivity index (χ3n) is 3.32. The lowest BCUT2D eigenvalue weighted by atomic mass is 10.1. The van der Waals surface area contributed by atoms with Gasteiger partial charge in [0.2, 0.25) is 10.0 Å². The van der Waals surface area contributed by atoms with Gasteiger partial charge in [-0.25, -0.2) is 17.5 Å². The molecule has 2 N–H and O–H groups in total. The van der Waals surface area contributed by atoms with Crippen LogP contribution >= 0.6 is 15.9 Å². The Morgan fingerprint density at radius 1 is 1.48 bits per heavy atom. The second-order valence-corrected chi connectivity index (χ2v) is 7.64. The number of halogens is 2. The van der Waals surface area contributed by atoms with E-state index >= 15 is 0 Å². The van der Waals surface area contributed by atoms with Crippen LogP contribution in [0.1, 0.15) is 12.0 Å². The molecule has 21 heavy (non-hydrogen) atoms. The number of hydrogen-bond acceptors (Lipinski definition) is 4. The fourth-order valence-corrected chi connectivity index (χ4v) is 4.10. The fraction of sp³-hybridized carbons (Fsp3) is 0.538. The van der Waals surface area contributed by atoms with E-state index in [9.17, 15) is 12.8 Å². The average molecular weight is 381 g/mol. The highest BCUT2D eigenvalue weighted by Gasteiger charge is 2.24. The molecule has 0 bridgehead atoms. The van der Waals surface area contributed by atoms with Gasteiger partial charge in [0.1, 0.15) is 10.7 Å². The average Bonchev–Trinajstić information content (AvgIpc) is 2.94. The Morgan fingerprint density at radius 2 is 2.24 bits per heavy atom. The Morgan fingerprint density at radius 3 is 2.86 bits per heavy atom. The molecule has 0 amide bonds. The van der Waals surface area contributed by atoms with Crippen LogP contribution < -0.4 is 10.0 Å². The minimum atomic E-state index is -3.88. The van der Waals surface area contributed by atoms with Gasteiger partial charge in [0.25, 0.3) is 0 Å². The van der Waals surface area contributed by atoms with E-state index in [4.69, 9.17) is 4.74 Å². The largest absolute Gasteiger partial charge is 0.381 e. The normalized spacial score (nSPS) is 19.1. The predicted molar refractivity (Wildman–Crippen MR) is 81.0 cm³/mol. The minimum absolute atomic E-state index is 0.145. The smallest absolute Gasteiger partial charge is 0.243 e. The SMILES string of the molecule is CNCc1cc(Br)cc(S(=O)(=O)NCC2CCOC2)c1F. The van der Waals surface area contributed by atoms with Crippen LogP contribution in [-0.4, -0.2) is 35.2 Å². The maximum absolute atomic E-state index is 14.3. The molecule has 1 saturated heterocycles. The first kappa shape index (κ1) is 16.8. The van der Waals surface area contributed by atoms with Gasteiger partial charge in [-0.05, 0) is 31.5 Å². The summed E-state index contributed by atoms with van der Waals surface area (Å²) in [5, 5.41) is 2.81. The summed E-state index contributed by atoms with van der Waals surface area (Å²) in [6.07, 6.45) is 0.814. The van der Waals surface area contributed by atoms with E-state index in [1.165, 1.54) is 6.07 Å². The van der Waals surface area contributed by atoms with Crippen LogP contribution in [0.3, 0.4) is 0 Å². The van der Waals surface area contributed by atoms with Gasteiger partial charge in [0.05, 0.1) is 6.61 Å². The summed E-state index contributed by atoms with van der Waals surface area (Å²) in [6, 6.07) is 2.84. The lowest BCUT2D eigenvalue weighted by Gasteiger charge is -2.13. The highest BCUT2D eigenvalue weighted by atomic mass is 79.9. The van der Waals surface area contributed by atoms with Gasteiger partial charge in [-0.1, -0.05) is 15.9 Å². The number of benzene rings is 1. The number of nitrogens with one attached hydrogen (secondary N) is 2. The van der Waals surface area contributed by atoms with Crippen molar-refractivity contribution in [3.63, 3.8) is 0 Å². The van der Waals surface area contributed by atoms with Gasteiger partial charge in [0.15, 0.2) is 0 Å². The zero-order valence-electron chi connectivity index (χ0n) is 11.7. The molecule has 5 nitrogen and oxygen atoms in total. The molecule has 1 heterocycles. The first-order valence-electron chi connectivity index (χ1n) is 6.64. The van der Waals surface area contributed by atoms with Crippen molar-refractivity contribution in [2.45, 2.75) is 17.9 Å². The molecule has 0 radical (unpaired) electrons. The van der Waals surface area contributed by atoms with Gasteiger partial charge in [-0.15, -0.1) is 0 Å². The van der Waals surface area contributed by atoms with Crippen molar-refractivity contribution in [1.29, 1.82) is 0 Å². The monoisotopic (exact) mass is 380 g/mol. The molecule has 2 rings (SSSR count). The van der Waals surface area contributed by atoms with Crippen molar-refractivity contribution in [1.82, 2.24) is 10.0 Å². The molecule has 1 fully saturated rings. The Labute approximate surface area is 132 Å². The van der Waals surface area contributed by atoms with E-state index in [0.717, 1.165) is 6.42 Å². The summed E-state index contributed by atoms with van der Waals surface area (Å²) in [6.45, 7) is 1.69. The van der Waals surface area contributed by atoms with E-state index in [-0.39, 0.29) is 23.9 Å². The third kappa shape index (κ3) is 4.23. The third-order valence-corrected chi connectivity index (χ3v) is 5.20. The Balaban J connectivity index is 2.21. The quantitative estimate of drug-likeness (QED) is 0.786. The molecule has 1 aliphatic rings. The molecule has 8 heteroatoms. The van der Waals surface area contributed by atoms with Crippen molar-refractivity contribution in [3.8, 4) is 0 Å². The lowest BCUT2D eigenvalue weighted by molar-refractivity contribution is 0.186. The van der Waals surface area contributed by atoms with E-state index in [2.05, 4.69) is 26.0 Å². The molecule has 1 unspecified atom stereocenters. The molecule has 0 spiro atoms. The Kier molecular flexibility index (Phi) is 5.73. The van der Waals surface area contributed by atoms with Crippen LogP contribution in [0, 0.1) is 11.7 Å². The molecule has 0 saturated carbocycles. The minimum Gasteiger partial charge on any atom is -0.381 e. The first-order chi connectivity index (χ1) is 9.94. The molecule has 1 aliphatic heterocycles. The van der Waals surface area contributed by atoms with Gasteiger partial charge < -0.3 is 10.1 Å². The van der Waals surface area contributed by atoms with Crippen molar-refractivity contribution >= 4 is 26.0 Å². The van der Waals surface area contributed by atoms with Gasteiger partial charge in [-0.2, -0.15) is 0 Å². The standard InChI is InChI=1S/C13H18BrFN2O3S/c1-16-7-10-4-11(14)5-12(13(10)15)21(18,19)17-6-9-2-3-20-8-9/h4-5,9,16-17H,2-3,6-8H2,1H3. The van der Waals surface area contributed by atoms with Crippen molar-refractivity contribution in [2.24, 2.45) is 5.92 Å².